The molecular formula is C18H19N3OS. The molecule has 0 aliphatic rings. The number of nitrogens with zero attached hydrogens (tertiary/aromatic N) is 2. The van der Waals surface area contributed by atoms with Crippen molar-refractivity contribution < 1.29 is 4.79 Å². The minimum atomic E-state index is -0.00710. The van der Waals surface area contributed by atoms with E-state index in [-0.39, 0.29) is 5.91 Å². The van der Waals surface area contributed by atoms with Crippen molar-refractivity contribution in [3.05, 3.63) is 59.7 Å². The average molecular weight is 325 g/mol. The second-order valence-corrected chi connectivity index (χ2v) is 6.59. The molecule has 5 heteroatoms. The van der Waals surface area contributed by atoms with Crippen LogP contribution >= 0.6 is 11.3 Å². The van der Waals surface area contributed by atoms with Crippen LogP contribution < -0.4 is 10.2 Å². The van der Waals surface area contributed by atoms with Crippen molar-refractivity contribution in [2.75, 3.05) is 18.5 Å². The summed E-state index contributed by atoms with van der Waals surface area (Å²) >= 11 is 1.60. The van der Waals surface area contributed by atoms with Crippen LogP contribution in [0.4, 0.5) is 5.13 Å². The molecule has 0 aliphatic heterocycles. The first kappa shape index (κ1) is 15.5. The highest BCUT2D eigenvalue weighted by Gasteiger charge is 2.11. The average Bonchev–Trinajstić information content (AvgIpc) is 2.98. The predicted octanol–water partition coefficient (Wildman–Crippen LogP) is 3.36. The Balaban J connectivity index is 1.57. The summed E-state index contributed by atoms with van der Waals surface area (Å²) in [5.41, 5.74) is 3.29. The Labute approximate surface area is 139 Å². The van der Waals surface area contributed by atoms with Gasteiger partial charge in [-0.25, -0.2) is 4.98 Å². The Morgan fingerprint density at radius 3 is 2.65 bits per heavy atom. The number of hydrogen-bond acceptors (Lipinski definition) is 4. The zero-order chi connectivity index (χ0) is 16.2. The molecule has 118 valence electrons. The van der Waals surface area contributed by atoms with Crippen LogP contribution in [0.3, 0.4) is 0 Å². The number of carbonyl (C=O) groups is 1. The maximum atomic E-state index is 12.1. The Morgan fingerprint density at radius 2 is 1.91 bits per heavy atom. The summed E-state index contributed by atoms with van der Waals surface area (Å²) in [6.07, 6.45) is 0. The van der Waals surface area contributed by atoms with Gasteiger partial charge in [0.25, 0.3) is 0 Å². The molecule has 0 saturated carbocycles. The molecule has 0 unspecified atom stereocenters. The van der Waals surface area contributed by atoms with Gasteiger partial charge in [-0.2, -0.15) is 0 Å². The van der Waals surface area contributed by atoms with Crippen LogP contribution in [0, 0.1) is 6.92 Å². The van der Waals surface area contributed by atoms with Crippen molar-refractivity contribution in [3.63, 3.8) is 0 Å². The van der Waals surface area contributed by atoms with Crippen LogP contribution in [0.15, 0.2) is 48.5 Å². The van der Waals surface area contributed by atoms with E-state index in [9.17, 15) is 4.79 Å². The van der Waals surface area contributed by atoms with Gasteiger partial charge in [0.05, 0.1) is 16.8 Å². The van der Waals surface area contributed by atoms with Crippen LogP contribution in [-0.2, 0) is 11.3 Å². The van der Waals surface area contributed by atoms with Gasteiger partial charge in [0.2, 0.25) is 5.91 Å². The molecular weight excluding hydrogens is 306 g/mol. The lowest BCUT2D eigenvalue weighted by atomic mass is 10.1. The smallest absolute Gasteiger partial charge is 0.239 e. The number of para-hydroxylation sites is 1. The molecule has 2 aromatic carbocycles. The van der Waals surface area contributed by atoms with Crippen molar-refractivity contribution >= 4 is 32.6 Å². The van der Waals surface area contributed by atoms with Gasteiger partial charge in [0, 0.05) is 13.6 Å². The van der Waals surface area contributed by atoms with Crippen LogP contribution in [0.2, 0.25) is 0 Å². The lowest BCUT2D eigenvalue weighted by molar-refractivity contribution is -0.119. The number of likely N-dealkylation sites (N-methyl/N-ethyl adjacent to an activating group) is 1. The number of amides is 1. The fraction of sp³-hybridized carbons (Fsp3) is 0.222. The number of hydrogen-bond donors (Lipinski definition) is 1. The largest absolute Gasteiger partial charge is 0.350 e. The van der Waals surface area contributed by atoms with Gasteiger partial charge in [-0.15, -0.1) is 0 Å². The SMILES string of the molecule is Cc1ccc(CNC(=O)CN(C)c2nc3ccccc3s2)cc1. The van der Waals surface area contributed by atoms with Gasteiger partial charge in [0.1, 0.15) is 0 Å². The van der Waals surface area contributed by atoms with Crippen molar-refractivity contribution in [1.82, 2.24) is 10.3 Å². The lowest BCUT2D eigenvalue weighted by Crippen LogP contribution is -2.34. The molecule has 3 aromatic rings. The highest BCUT2D eigenvalue weighted by Crippen LogP contribution is 2.27. The normalized spacial score (nSPS) is 10.7. The van der Waals surface area contributed by atoms with E-state index in [1.165, 1.54) is 5.56 Å². The number of thiazole rings is 1. The first-order valence-corrected chi connectivity index (χ1v) is 8.32. The third-order valence-electron chi connectivity index (χ3n) is 3.60. The topological polar surface area (TPSA) is 45.2 Å². The second kappa shape index (κ2) is 6.79. The molecule has 1 amide bonds. The monoisotopic (exact) mass is 325 g/mol. The number of rotatable bonds is 5. The number of benzene rings is 2. The summed E-state index contributed by atoms with van der Waals surface area (Å²) in [6, 6.07) is 16.2. The first-order valence-electron chi connectivity index (χ1n) is 7.51. The maximum Gasteiger partial charge on any atom is 0.239 e. The fourth-order valence-electron chi connectivity index (χ4n) is 2.27. The van der Waals surface area contributed by atoms with E-state index in [1.807, 2.05) is 48.3 Å². The van der Waals surface area contributed by atoms with Gasteiger partial charge < -0.3 is 10.2 Å². The van der Waals surface area contributed by atoms with Crippen LogP contribution in [-0.4, -0.2) is 24.5 Å². The number of aromatic nitrogens is 1. The minimum absolute atomic E-state index is 0.00710. The summed E-state index contributed by atoms with van der Waals surface area (Å²) in [7, 11) is 1.89. The van der Waals surface area contributed by atoms with E-state index >= 15 is 0 Å². The fourth-order valence-corrected chi connectivity index (χ4v) is 3.19. The van der Waals surface area contributed by atoms with E-state index in [1.54, 1.807) is 11.3 Å². The molecule has 4 nitrogen and oxygen atoms in total. The van der Waals surface area contributed by atoms with E-state index in [0.717, 1.165) is 20.9 Å². The molecule has 1 heterocycles. The molecule has 3 rings (SSSR count). The van der Waals surface area contributed by atoms with Gasteiger partial charge >= 0.3 is 0 Å². The highest BCUT2D eigenvalue weighted by atomic mass is 32.1. The molecule has 0 radical (unpaired) electrons. The standard InChI is InChI=1S/C18H19N3OS/c1-13-7-9-14(10-8-13)11-19-17(22)12-21(2)18-20-15-5-3-4-6-16(15)23-18/h3-10H,11-12H2,1-2H3,(H,19,22). The summed E-state index contributed by atoms with van der Waals surface area (Å²) < 4.78 is 1.13. The Kier molecular flexibility index (Phi) is 4.57. The number of aryl methyl sites for hydroxylation is 1. The van der Waals surface area contributed by atoms with Crippen molar-refractivity contribution in [2.45, 2.75) is 13.5 Å². The minimum Gasteiger partial charge on any atom is -0.350 e. The molecule has 0 aliphatic carbocycles. The van der Waals surface area contributed by atoms with Gasteiger partial charge in [0.15, 0.2) is 5.13 Å². The maximum absolute atomic E-state index is 12.1. The van der Waals surface area contributed by atoms with E-state index in [0.29, 0.717) is 13.1 Å². The summed E-state index contributed by atoms with van der Waals surface area (Å²) in [5, 5.41) is 3.81. The van der Waals surface area contributed by atoms with Gasteiger partial charge in [-0.05, 0) is 24.6 Å². The van der Waals surface area contributed by atoms with Crippen LogP contribution in [0.5, 0.6) is 0 Å². The zero-order valence-corrected chi connectivity index (χ0v) is 14.1. The van der Waals surface area contributed by atoms with E-state index < -0.39 is 0 Å². The predicted molar refractivity (Wildman–Crippen MR) is 95.9 cm³/mol. The lowest BCUT2D eigenvalue weighted by Gasteiger charge is -2.15. The third kappa shape index (κ3) is 3.87. The molecule has 23 heavy (non-hydrogen) atoms. The molecule has 0 spiro atoms. The Hall–Kier alpha value is -2.40. The molecule has 0 saturated heterocycles. The third-order valence-corrected chi connectivity index (χ3v) is 4.75. The van der Waals surface area contributed by atoms with Crippen molar-refractivity contribution in [1.29, 1.82) is 0 Å². The summed E-state index contributed by atoms with van der Waals surface area (Å²) in [6.45, 7) is 2.90. The molecule has 0 fully saturated rings. The Morgan fingerprint density at radius 1 is 1.17 bits per heavy atom. The second-order valence-electron chi connectivity index (χ2n) is 5.58. The molecule has 0 atom stereocenters. The number of nitrogens with one attached hydrogen (secondary N) is 1. The molecule has 1 N–H and O–H groups in total. The van der Waals surface area contributed by atoms with Gasteiger partial charge in [-0.3, -0.25) is 4.79 Å². The van der Waals surface area contributed by atoms with Gasteiger partial charge in [-0.1, -0.05) is 53.3 Å². The van der Waals surface area contributed by atoms with Crippen LogP contribution in [0.25, 0.3) is 10.2 Å². The first-order chi connectivity index (χ1) is 11.1. The Bertz CT molecular complexity index is 778. The highest BCUT2D eigenvalue weighted by molar-refractivity contribution is 7.22. The van der Waals surface area contributed by atoms with Crippen LogP contribution in [0.1, 0.15) is 11.1 Å². The van der Waals surface area contributed by atoms with Crippen molar-refractivity contribution in [2.24, 2.45) is 0 Å². The van der Waals surface area contributed by atoms with E-state index in [2.05, 4.69) is 29.4 Å². The number of fused-ring (bicyclic) bond motifs is 1. The van der Waals surface area contributed by atoms with Crippen molar-refractivity contribution in [3.8, 4) is 0 Å². The molecule has 0 bridgehead atoms. The zero-order valence-electron chi connectivity index (χ0n) is 13.2. The number of anilines is 1. The quantitative estimate of drug-likeness (QED) is 0.782. The summed E-state index contributed by atoms with van der Waals surface area (Å²) in [5.74, 6) is -0.00710. The molecule has 1 aromatic heterocycles. The summed E-state index contributed by atoms with van der Waals surface area (Å²) in [4.78, 5) is 18.5. The number of carbonyl (C=O) groups excluding carboxylic acids is 1. The van der Waals surface area contributed by atoms with E-state index in [4.69, 9.17) is 0 Å².